The molecule has 96 valence electrons. The van der Waals surface area contributed by atoms with Gasteiger partial charge in [0.15, 0.2) is 5.76 Å². The molecule has 0 saturated heterocycles. The molecule has 3 rings (SSSR count). The number of thioether (sulfide) groups is 1. The molecule has 3 aromatic rings. The van der Waals surface area contributed by atoms with E-state index in [2.05, 4.69) is 5.10 Å². The van der Waals surface area contributed by atoms with Crippen molar-refractivity contribution in [1.29, 1.82) is 0 Å². The number of carbonyl (C=O) groups is 1. The molecule has 0 aliphatic rings. The lowest BCUT2D eigenvalue weighted by molar-refractivity contribution is 0.0994. The molecule has 0 atom stereocenters. The topological polar surface area (TPSA) is 48.0 Å². The third kappa shape index (κ3) is 2.56. The van der Waals surface area contributed by atoms with E-state index in [0.717, 1.165) is 15.9 Å². The summed E-state index contributed by atoms with van der Waals surface area (Å²) in [6, 6.07) is 9.41. The molecule has 0 unspecified atom stereocenters. The van der Waals surface area contributed by atoms with E-state index in [1.807, 2.05) is 37.5 Å². The number of aromatic nitrogens is 2. The number of para-hydroxylation sites is 1. The molecule has 2 heterocycles. The number of rotatable bonds is 4. The summed E-state index contributed by atoms with van der Waals surface area (Å²) in [5.41, 5.74) is 0.747. The first-order valence-electron chi connectivity index (χ1n) is 5.85. The smallest absolute Gasteiger partial charge is 0.208 e. The van der Waals surface area contributed by atoms with Gasteiger partial charge in [-0.05, 0) is 12.1 Å². The quantitative estimate of drug-likeness (QED) is 0.541. The van der Waals surface area contributed by atoms with Crippen molar-refractivity contribution in [2.24, 2.45) is 7.05 Å². The number of fused-ring (bicyclic) bond motifs is 1. The molecule has 1 aromatic carbocycles. The van der Waals surface area contributed by atoms with Crippen LogP contribution < -0.4 is 0 Å². The van der Waals surface area contributed by atoms with Crippen LogP contribution in [-0.2, 0) is 7.05 Å². The predicted octanol–water partition coefficient (Wildman–Crippen LogP) is 3.14. The number of furan rings is 1. The van der Waals surface area contributed by atoms with E-state index in [9.17, 15) is 4.79 Å². The molecular formula is C14H12N2O2S. The summed E-state index contributed by atoms with van der Waals surface area (Å²) in [6.07, 6.45) is 3.63. The van der Waals surface area contributed by atoms with Crippen LogP contribution in [0, 0.1) is 0 Å². The van der Waals surface area contributed by atoms with Crippen LogP contribution in [0.25, 0.3) is 11.0 Å². The molecule has 2 aromatic heterocycles. The van der Waals surface area contributed by atoms with Crippen molar-refractivity contribution in [3.63, 3.8) is 0 Å². The lowest BCUT2D eigenvalue weighted by Gasteiger charge is -1.95. The van der Waals surface area contributed by atoms with Crippen molar-refractivity contribution in [2.75, 3.05) is 5.75 Å². The highest BCUT2D eigenvalue weighted by Gasteiger charge is 2.12. The van der Waals surface area contributed by atoms with Gasteiger partial charge >= 0.3 is 0 Å². The van der Waals surface area contributed by atoms with Crippen LogP contribution in [0.15, 0.2) is 52.0 Å². The summed E-state index contributed by atoms with van der Waals surface area (Å²) in [7, 11) is 1.85. The Morgan fingerprint density at radius 2 is 2.26 bits per heavy atom. The molecule has 0 N–H and O–H groups in total. The van der Waals surface area contributed by atoms with Crippen LogP contribution in [0.3, 0.4) is 0 Å². The van der Waals surface area contributed by atoms with Crippen molar-refractivity contribution >= 4 is 28.5 Å². The van der Waals surface area contributed by atoms with E-state index >= 15 is 0 Å². The average Bonchev–Trinajstić information content (AvgIpc) is 3.01. The molecule has 19 heavy (non-hydrogen) atoms. The maximum atomic E-state index is 12.1. The minimum atomic E-state index is -0.00921. The highest BCUT2D eigenvalue weighted by Crippen LogP contribution is 2.22. The number of hydrogen-bond acceptors (Lipinski definition) is 4. The van der Waals surface area contributed by atoms with Gasteiger partial charge < -0.3 is 4.42 Å². The predicted molar refractivity (Wildman–Crippen MR) is 74.5 cm³/mol. The second-order valence-corrected chi connectivity index (χ2v) is 5.26. The Labute approximate surface area is 114 Å². The van der Waals surface area contributed by atoms with Crippen molar-refractivity contribution in [3.05, 3.63) is 48.5 Å². The van der Waals surface area contributed by atoms with Crippen molar-refractivity contribution in [3.8, 4) is 0 Å². The lowest BCUT2D eigenvalue weighted by atomic mass is 10.2. The molecule has 0 radical (unpaired) electrons. The normalized spacial score (nSPS) is 11.0. The second-order valence-electron chi connectivity index (χ2n) is 4.21. The number of nitrogens with zero attached hydrogens (tertiary/aromatic N) is 2. The minimum absolute atomic E-state index is 0.00921. The molecular weight excluding hydrogens is 260 g/mol. The summed E-state index contributed by atoms with van der Waals surface area (Å²) < 4.78 is 7.26. The number of carbonyl (C=O) groups excluding carboxylic acids is 1. The molecule has 0 amide bonds. The number of aryl methyl sites for hydroxylation is 1. The van der Waals surface area contributed by atoms with Gasteiger partial charge in [-0.2, -0.15) is 5.10 Å². The van der Waals surface area contributed by atoms with Crippen LogP contribution in [-0.4, -0.2) is 21.3 Å². The molecule has 0 aliphatic carbocycles. The Morgan fingerprint density at radius 3 is 3.00 bits per heavy atom. The Hall–Kier alpha value is -2.01. The number of hydrogen-bond donors (Lipinski definition) is 0. The Morgan fingerprint density at radius 1 is 1.42 bits per heavy atom. The van der Waals surface area contributed by atoms with Gasteiger partial charge in [-0.3, -0.25) is 9.48 Å². The number of Topliss-reactive ketones (excluding diaryl/α,β-unsaturated/α-hetero) is 1. The first-order valence-corrected chi connectivity index (χ1v) is 6.84. The number of ketones is 1. The van der Waals surface area contributed by atoms with Crippen LogP contribution in [0.4, 0.5) is 0 Å². The molecule has 5 heteroatoms. The van der Waals surface area contributed by atoms with E-state index in [0.29, 0.717) is 11.5 Å². The van der Waals surface area contributed by atoms with E-state index in [4.69, 9.17) is 4.42 Å². The van der Waals surface area contributed by atoms with Gasteiger partial charge in [0.05, 0.1) is 11.9 Å². The first kappa shape index (κ1) is 12.0. The highest BCUT2D eigenvalue weighted by atomic mass is 32.2. The summed E-state index contributed by atoms with van der Waals surface area (Å²) in [5, 5.41) is 5.02. The minimum Gasteiger partial charge on any atom is -0.453 e. The fourth-order valence-electron chi connectivity index (χ4n) is 1.81. The SMILES string of the molecule is Cn1cc(SCC(=O)c2cc3ccccc3o2)cn1. The van der Waals surface area contributed by atoms with E-state index in [1.165, 1.54) is 11.8 Å². The van der Waals surface area contributed by atoms with Crippen molar-refractivity contribution in [1.82, 2.24) is 9.78 Å². The third-order valence-corrected chi connectivity index (χ3v) is 3.70. The Kier molecular flexibility index (Phi) is 3.13. The summed E-state index contributed by atoms with van der Waals surface area (Å²) in [6.45, 7) is 0. The monoisotopic (exact) mass is 272 g/mol. The van der Waals surface area contributed by atoms with Crippen LogP contribution in [0.5, 0.6) is 0 Å². The summed E-state index contributed by atoms with van der Waals surface area (Å²) in [5.74, 6) is 0.758. The van der Waals surface area contributed by atoms with Gasteiger partial charge in [0.25, 0.3) is 0 Å². The summed E-state index contributed by atoms with van der Waals surface area (Å²) in [4.78, 5) is 13.0. The molecule has 0 aliphatic heterocycles. The van der Waals surface area contributed by atoms with Gasteiger partial charge in [0.1, 0.15) is 5.58 Å². The van der Waals surface area contributed by atoms with E-state index < -0.39 is 0 Å². The van der Waals surface area contributed by atoms with Crippen LogP contribution in [0.1, 0.15) is 10.6 Å². The van der Waals surface area contributed by atoms with Gasteiger partial charge in [0, 0.05) is 23.5 Å². The van der Waals surface area contributed by atoms with E-state index in [-0.39, 0.29) is 5.78 Å². The van der Waals surface area contributed by atoms with Gasteiger partial charge in [0.2, 0.25) is 5.78 Å². The van der Waals surface area contributed by atoms with Gasteiger partial charge in [-0.15, -0.1) is 11.8 Å². The zero-order valence-electron chi connectivity index (χ0n) is 10.4. The maximum Gasteiger partial charge on any atom is 0.208 e. The molecule has 0 saturated carbocycles. The molecule has 0 fully saturated rings. The molecule has 0 spiro atoms. The maximum absolute atomic E-state index is 12.1. The largest absolute Gasteiger partial charge is 0.453 e. The zero-order valence-corrected chi connectivity index (χ0v) is 11.2. The fourth-order valence-corrected chi connectivity index (χ4v) is 2.60. The van der Waals surface area contributed by atoms with Gasteiger partial charge in [-0.25, -0.2) is 0 Å². The molecule has 4 nitrogen and oxygen atoms in total. The van der Waals surface area contributed by atoms with E-state index in [1.54, 1.807) is 16.9 Å². The average molecular weight is 272 g/mol. The first-order chi connectivity index (χ1) is 9.22. The van der Waals surface area contributed by atoms with Gasteiger partial charge in [-0.1, -0.05) is 18.2 Å². The van der Waals surface area contributed by atoms with Crippen molar-refractivity contribution in [2.45, 2.75) is 4.90 Å². The Bertz CT molecular complexity index is 697. The lowest BCUT2D eigenvalue weighted by Crippen LogP contribution is -1.99. The highest BCUT2D eigenvalue weighted by molar-refractivity contribution is 8.00. The summed E-state index contributed by atoms with van der Waals surface area (Å²) >= 11 is 1.46. The Balaban J connectivity index is 1.73. The van der Waals surface area contributed by atoms with Crippen molar-refractivity contribution < 1.29 is 9.21 Å². The molecule has 0 bridgehead atoms. The zero-order chi connectivity index (χ0) is 13.2. The standard InChI is InChI=1S/C14H12N2O2S/c1-16-8-11(7-15-16)19-9-12(17)14-6-10-4-2-3-5-13(10)18-14/h2-8H,9H2,1H3. The number of benzene rings is 1. The fraction of sp³-hybridized carbons (Fsp3) is 0.143. The second kappa shape index (κ2) is 4.93. The third-order valence-electron chi connectivity index (χ3n) is 2.75. The van der Waals surface area contributed by atoms with Crippen LogP contribution >= 0.6 is 11.8 Å². The van der Waals surface area contributed by atoms with Crippen LogP contribution in [0.2, 0.25) is 0 Å².